The maximum absolute atomic E-state index is 10.3. The maximum atomic E-state index is 10.3. The van der Waals surface area contributed by atoms with Gasteiger partial charge in [0, 0.05) is 19.6 Å². The van der Waals surface area contributed by atoms with E-state index in [0.717, 1.165) is 30.0 Å². The van der Waals surface area contributed by atoms with Crippen LogP contribution in [0.25, 0.3) is 11.1 Å². The smallest absolute Gasteiger partial charge is 0.119 e. The summed E-state index contributed by atoms with van der Waals surface area (Å²) in [6, 6.07) is 33.6. The Morgan fingerprint density at radius 1 is 0.667 bits per heavy atom. The van der Waals surface area contributed by atoms with E-state index in [4.69, 9.17) is 21.1 Å². The van der Waals surface area contributed by atoms with Crippen LogP contribution >= 0.6 is 11.6 Å². The molecule has 4 aromatic carbocycles. The predicted molar refractivity (Wildman–Crippen MR) is 154 cm³/mol. The summed E-state index contributed by atoms with van der Waals surface area (Å²) in [6.45, 7) is 3.18. The molecule has 1 heterocycles. The van der Waals surface area contributed by atoms with Crippen LogP contribution in [0.4, 0.5) is 0 Å². The lowest BCUT2D eigenvalue weighted by Gasteiger charge is -2.34. The number of fused-ring (bicyclic) bond motifs is 3. The molecular formula is C33H32ClNO4. The topological polar surface area (TPSA) is 61.9 Å². The second-order valence-electron chi connectivity index (χ2n) is 10.3. The third kappa shape index (κ3) is 5.04. The molecular weight excluding hydrogens is 510 g/mol. The highest BCUT2D eigenvalue weighted by atomic mass is 35.5. The Morgan fingerprint density at radius 3 is 1.59 bits per heavy atom. The molecule has 1 saturated heterocycles. The number of nitrogens with zero attached hydrogens (tertiary/aromatic N) is 1. The van der Waals surface area contributed by atoms with Crippen LogP contribution in [-0.4, -0.2) is 66.0 Å². The number of hydrogen-bond acceptors (Lipinski definition) is 5. The molecule has 4 aromatic rings. The van der Waals surface area contributed by atoms with Crippen molar-refractivity contribution < 1.29 is 19.7 Å². The molecule has 5 nitrogen and oxygen atoms in total. The third-order valence-corrected chi connectivity index (χ3v) is 7.95. The first-order valence-electron chi connectivity index (χ1n) is 13.4. The molecule has 2 N–H and O–H groups in total. The van der Waals surface area contributed by atoms with Crippen LogP contribution in [0.2, 0.25) is 0 Å². The van der Waals surface area contributed by atoms with Crippen LogP contribution in [0, 0.1) is 0 Å². The Morgan fingerprint density at radius 2 is 1.13 bits per heavy atom. The molecule has 39 heavy (non-hydrogen) atoms. The van der Waals surface area contributed by atoms with E-state index in [9.17, 15) is 10.2 Å². The zero-order valence-corrected chi connectivity index (χ0v) is 22.4. The van der Waals surface area contributed by atoms with Crippen molar-refractivity contribution in [2.45, 2.75) is 17.6 Å². The summed E-state index contributed by atoms with van der Waals surface area (Å²) in [7, 11) is 0. The van der Waals surface area contributed by atoms with Crippen molar-refractivity contribution in [3.05, 3.63) is 119 Å². The summed E-state index contributed by atoms with van der Waals surface area (Å²) in [5.74, 6) is 1.55. The summed E-state index contributed by atoms with van der Waals surface area (Å²) in [4.78, 5) is 2.19. The van der Waals surface area contributed by atoms with Gasteiger partial charge in [0.2, 0.25) is 0 Å². The maximum Gasteiger partial charge on any atom is 0.119 e. The summed E-state index contributed by atoms with van der Waals surface area (Å²) in [5.41, 5.74) is 6.60. The summed E-state index contributed by atoms with van der Waals surface area (Å²) in [5, 5.41) is 20.1. The van der Waals surface area contributed by atoms with Gasteiger partial charge in [0.25, 0.3) is 0 Å². The number of rotatable bonds is 11. The molecule has 0 radical (unpaired) electrons. The van der Waals surface area contributed by atoms with Gasteiger partial charge in [-0.15, -0.1) is 11.6 Å². The molecule has 200 valence electrons. The van der Waals surface area contributed by atoms with E-state index < -0.39 is 17.6 Å². The number of hydrogen-bond donors (Lipinski definition) is 2. The first-order valence-corrected chi connectivity index (χ1v) is 13.9. The lowest BCUT2D eigenvalue weighted by atomic mass is 9.68. The molecule has 2 atom stereocenters. The van der Waals surface area contributed by atoms with Crippen LogP contribution in [0.3, 0.4) is 0 Å². The third-order valence-electron chi connectivity index (χ3n) is 7.60. The van der Waals surface area contributed by atoms with E-state index in [-0.39, 0.29) is 19.1 Å². The van der Waals surface area contributed by atoms with Crippen molar-refractivity contribution in [3.63, 3.8) is 0 Å². The number of aliphatic hydroxyl groups is 2. The van der Waals surface area contributed by atoms with E-state index >= 15 is 0 Å². The van der Waals surface area contributed by atoms with Gasteiger partial charge in [-0.2, -0.15) is 0 Å². The molecule has 2 unspecified atom stereocenters. The van der Waals surface area contributed by atoms with Crippen molar-refractivity contribution in [3.8, 4) is 22.6 Å². The number of halogens is 1. The average Bonchev–Trinajstić information content (AvgIpc) is 3.75. The van der Waals surface area contributed by atoms with E-state index in [2.05, 4.69) is 77.7 Å². The SMILES string of the molecule is OC(CCl)COc1ccc(C2(c3ccc(OCC(O)CN4CC4)cc3)c3ccccc3-c3ccccc32)cc1. The molecule has 6 heteroatoms. The van der Waals surface area contributed by atoms with Gasteiger partial charge in [-0.3, -0.25) is 4.90 Å². The first-order chi connectivity index (χ1) is 19.1. The highest BCUT2D eigenvalue weighted by Crippen LogP contribution is 2.56. The summed E-state index contributed by atoms with van der Waals surface area (Å²) >= 11 is 5.73. The number of aliphatic hydroxyl groups excluding tert-OH is 2. The molecule has 6 rings (SSSR count). The molecule has 1 aliphatic heterocycles. The first kappa shape index (κ1) is 25.9. The van der Waals surface area contributed by atoms with Crippen LogP contribution in [0.1, 0.15) is 22.3 Å². The molecule has 1 fully saturated rings. The highest BCUT2D eigenvalue weighted by molar-refractivity contribution is 6.18. The van der Waals surface area contributed by atoms with Crippen molar-refractivity contribution in [2.75, 3.05) is 38.7 Å². The second-order valence-corrected chi connectivity index (χ2v) is 10.6. The van der Waals surface area contributed by atoms with E-state index in [1.165, 1.54) is 22.3 Å². The minimum atomic E-state index is -0.709. The van der Waals surface area contributed by atoms with Crippen LogP contribution in [-0.2, 0) is 5.41 Å². The number of benzene rings is 4. The minimum absolute atomic E-state index is 0.131. The Balaban J connectivity index is 1.38. The lowest BCUT2D eigenvalue weighted by molar-refractivity contribution is 0.0943. The van der Waals surface area contributed by atoms with Crippen molar-refractivity contribution in [1.29, 1.82) is 0 Å². The minimum Gasteiger partial charge on any atom is -0.491 e. The second kappa shape index (κ2) is 11.0. The zero-order valence-electron chi connectivity index (χ0n) is 21.7. The summed E-state index contributed by atoms with van der Waals surface area (Å²) in [6.07, 6.45) is -1.21. The van der Waals surface area contributed by atoms with E-state index in [1.807, 2.05) is 24.3 Å². The number of ether oxygens (including phenoxy) is 2. The Hall–Kier alpha value is -3.35. The van der Waals surface area contributed by atoms with Gasteiger partial charge < -0.3 is 19.7 Å². The molecule has 0 spiro atoms. The van der Waals surface area contributed by atoms with E-state index in [0.29, 0.717) is 12.3 Å². The Kier molecular flexibility index (Phi) is 7.32. The fourth-order valence-electron chi connectivity index (χ4n) is 5.66. The number of β-amino-alcohol motifs (C(OH)–C–C–N with tert-alkyl or cyclic N) is 1. The monoisotopic (exact) mass is 541 g/mol. The van der Waals surface area contributed by atoms with Crippen molar-refractivity contribution >= 4 is 11.6 Å². The molecule has 0 aromatic heterocycles. The zero-order chi connectivity index (χ0) is 26.8. The quantitative estimate of drug-likeness (QED) is 0.180. The molecule has 0 saturated carbocycles. The highest BCUT2D eigenvalue weighted by Gasteiger charge is 2.45. The molecule has 0 bridgehead atoms. The van der Waals surface area contributed by atoms with Crippen molar-refractivity contribution in [2.24, 2.45) is 0 Å². The van der Waals surface area contributed by atoms with Crippen LogP contribution in [0.5, 0.6) is 11.5 Å². The van der Waals surface area contributed by atoms with Gasteiger partial charge in [-0.05, 0) is 57.6 Å². The largest absolute Gasteiger partial charge is 0.491 e. The summed E-state index contributed by atoms with van der Waals surface area (Å²) < 4.78 is 11.7. The molecule has 1 aliphatic carbocycles. The Labute approximate surface area is 234 Å². The fourth-order valence-corrected chi connectivity index (χ4v) is 5.75. The number of alkyl halides is 1. The van der Waals surface area contributed by atoms with Crippen LogP contribution in [0.15, 0.2) is 97.1 Å². The van der Waals surface area contributed by atoms with Gasteiger partial charge in [0.05, 0.1) is 11.3 Å². The van der Waals surface area contributed by atoms with E-state index in [1.54, 1.807) is 0 Å². The predicted octanol–water partition coefficient (Wildman–Crippen LogP) is 5.08. The van der Waals surface area contributed by atoms with Gasteiger partial charge >= 0.3 is 0 Å². The van der Waals surface area contributed by atoms with Gasteiger partial charge in [-0.1, -0.05) is 72.8 Å². The van der Waals surface area contributed by atoms with Gasteiger partial charge in [0.1, 0.15) is 36.9 Å². The van der Waals surface area contributed by atoms with Gasteiger partial charge in [-0.25, -0.2) is 0 Å². The average molecular weight is 542 g/mol. The Bertz CT molecular complexity index is 1370. The normalized spacial score (nSPS) is 16.7. The standard InChI is InChI=1S/C33H32ClNO4/c34-19-25(36)21-38-27-13-9-23(10-14-27)33(31-7-3-1-5-29(31)30-6-2-4-8-32(30)33)24-11-15-28(16-12-24)39-22-26(37)20-35-17-18-35/h1-16,25-26,36-37H,17-22H2. The van der Waals surface area contributed by atoms with Crippen molar-refractivity contribution in [1.82, 2.24) is 4.90 Å². The molecule has 2 aliphatic rings. The van der Waals surface area contributed by atoms with Crippen LogP contribution < -0.4 is 9.47 Å². The fraction of sp³-hybridized carbons (Fsp3) is 0.273. The lowest BCUT2D eigenvalue weighted by Crippen LogP contribution is -2.28. The van der Waals surface area contributed by atoms with Gasteiger partial charge in [0.15, 0.2) is 0 Å². The molecule has 0 amide bonds.